The molecule has 0 aliphatic rings. The number of benzene rings is 1. The molecule has 22 heavy (non-hydrogen) atoms. The Bertz CT molecular complexity index is 754. The van der Waals surface area contributed by atoms with Crippen LogP contribution in [0.3, 0.4) is 0 Å². The maximum Gasteiger partial charge on any atom is 0.247 e. The predicted octanol–water partition coefficient (Wildman–Crippen LogP) is 1.82. The fourth-order valence-electron chi connectivity index (χ4n) is 1.96. The molecule has 0 bridgehead atoms. The minimum Gasteiger partial charge on any atom is -0.497 e. The smallest absolute Gasteiger partial charge is 0.247 e. The summed E-state index contributed by atoms with van der Waals surface area (Å²) in [7, 11) is 0.605. The summed E-state index contributed by atoms with van der Waals surface area (Å²) in [4.78, 5) is 0.0390. The van der Waals surface area contributed by atoms with Crippen molar-refractivity contribution in [1.29, 1.82) is 0 Å². The third kappa shape index (κ3) is 3.23. The Balaban J connectivity index is 2.36. The molecule has 8 heteroatoms. The highest BCUT2D eigenvalue weighted by Gasteiger charge is 2.26. The van der Waals surface area contributed by atoms with Gasteiger partial charge >= 0.3 is 0 Å². The quantitative estimate of drug-likeness (QED) is 0.805. The SMILES string of the molecule is COc1ccc(OC)c(S(=O)(=O)N(C)Cc2cc(C)on2)c1. The van der Waals surface area contributed by atoms with Crippen molar-refractivity contribution in [2.24, 2.45) is 0 Å². The fourth-order valence-corrected chi connectivity index (χ4v) is 3.27. The highest BCUT2D eigenvalue weighted by molar-refractivity contribution is 7.89. The summed E-state index contributed by atoms with van der Waals surface area (Å²) in [6.45, 7) is 1.84. The molecule has 2 rings (SSSR count). The van der Waals surface area contributed by atoms with Gasteiger partial charge in [0.05, 0.1) is 26.5 Å². The van der Waals surface area contributed by atoms with E-state index in [2.05, 4.69) is 5.16 Å². The van der Waals surface area contributed by atoms with E-state index in [1.807, 2.05) is 0 Å². The number of ether oxygens (including phenoxy) is 2. The van der Waals surface area contributed by atoms with Crippen molar-refractivity contribution in [3.05, 3.63) is 35.7 Å². The third-order valence-electron chi connectivity index (χ3n) is 3.12. The predicted molar refractivity (Wildman–Crippen MR) is 79.4 cm³/mol. The Labute approximate surface area is 129 Å². The summed E-state index contributed by atoms with van der Waals surface area (Å²) in [6, 6.07) is 6.31. The molecule has 0 fully saturated rings. The second kappa shape index (κ2) is 6.37. The van der Waals surface area contributed by atoms with Gasteiger partial charge < -0.3 is 14.0 Å². The van der Waals surface area contributed by atoms with Gasteiger partial charge in [-0.1, -0.05) is 5.16 Å². The lowest BCUT2D eigenvalue weighted by atomic mass is 10.3. The lowest BCUT2D eigenvalue weighted by molar-refractivity contribution is 0.374. The van der Waals surface area contributed by atoms with E-state index < -0.39 is 10.0 Å². The van der Waals surface area contributed by atoms with Crippen LogP contribution >= 0.6 is 0 Å². The van der Waals surface area contributed by atoms with Crippen molar-refractivity contribution < 1.29 is 22.4 Å². The van der Waals surface area contributed by atoms with Gasteiger partial charge in [-0.2, -0.15) is 4.31 Å². The van der Waals surface area contributed by atoms with E-state index in [-0.39, 0.29) is 17.2 Å². The molecule has 1 aromatic carbocycles. The summed E-state index contributed by atoms with van der Waals surface area (Å²) in [6.07, 6.45) is 0. The number of rotatable bonds is 6. The molecule has 0 radical (unpaired) electrons. The van der Waals surface area contributed by atoms with Crippen molar-refractivity contribution in [2.75, 3.05) is 21.3 Å². The van der Waals surface area contributed by atoms with Crippen LogP contribution in [0.1, 0.15) is 11.5 Å². The number of aryl methyl sites for hydroxylation is 1. The molecule has 0 aliphatic carbocycles. The molecule has 7 nitrogen and oxygen atoms in total. The zero-order valence-corrected chi connectivity index (χ0v) is 13.7. The lowest BCUT2D eigenvalue weighted by Gasteiger charge is -2.18. The molecule has 0 saturated carbocycles. The minimum atomic E-state index is -3.76. The largest absolute Gasteiger partial charge is 0.497 e. The summed E-state index contributed by atoms with van der Waals surface area (Å²) in [5.74, 6) is 1.31. The van der Waals surface area contributed by atoms with Crippen molar-refractivity contribution in [2.45, 2.75) is 18.4 Å². The number of aromatic nitrogens is 1. The molecule has 1 heterocycles. The molecule has 120 valence electrons. The van der Waals surface area contributed by atoms with E-state index >= 15 is 0 Å². The van der Waals surface area contributed by atoms with Gasteiger partial charge in [0.25, 0.3) is 0 Å². The van der Waals surface area contributed by atoms with Crippen LogP contribution in [0.15, 0.2) is 33.7 Å². The molecule has 0 atom stereocenters. The van der Waals surface area contributed by atoms with Crippen LogP contribution in [-0.2, 0) is 16.6 Å². The molecular formula is C14H18N2O5S. The fraction of sp³-hybridized carbons (Fsp3) is 0.357. The van der Waals surface area contributed by atoms with Crippen LogP contribution in [-0.4, -0.2) is 39.1 Å². The van der Waals surface area contributed by atoms with Gasteiger partial charge in [-0.3, -0.25) is 0 Å². The molecular weight excluding hydrogens is 308 g/mol. The Kier molecular flexibility index (Phi) is 4.72. The van der Waals surface area contributed by atoms with Gasteiger partial charge in [-0.25, -0.2) is 8.42 Å². The van der Waals surface area contributed by atoms with Gasteiger partial charge in [0.1, 0.15) is 22.2 Å². The Morgan fingerprint density at radius 1 is 1.23 bits per heavy atom. The van der Waals surface area contributed by atoms with Crippen molar-refractivity contribution in [3.63, 3.8) is 0 Å². The monoisotopic (exact) mass is 326 g/mol. The van der Waals surface area contributed by atoms with Crippen LogP contribution < -0.4 is 9.47 Å². The average Bonchev–Trinajstić information content (AvgIpc) is 2.91. The molecule has 0 N–H and O–H groups in total. The van der Waals surface area contributed by atoms with Crippen molar-refractivity contribution in [3.8, 4) is 11.5 Å². The van der Waals surface area contributed by atoms with Gasteiger partial charge in [-0.05, 0) is 19.1 Å². The minimum absolute atomic E-state index is 0.0390. The van der Waals surface area contributed by atoms with E-state index in [4.69, 9.17) is 14.0 Å². The Morgan fingerprint density at radius 2 is 1.95 bits per heavy atom. The Morgan fingerprint density at radius 3 is 2.50 bits per heavy atom. The number of sulfonamides is 1. The van der Waals surface area contributed by atoms with E-state index in [1.54, 1.807) is 25.1 Å². The zero-order valence-electron chi connectivity index (χ0n) is 12.9. The van der Waals surface area contributed by atoms with Crippen LogP contribution in [0.4, 0.5) is 0 Å². The Hall–Kier alpha value is -2.06. The maximum absolute atomic E-state index is 12.7. The van der Waals surface area contributed by atoms with Crippen molar-refractivity contribution >= 4 is 10.0 Å². The average molecular weight is 326 g/mol. The second-order valence-electron chi connectivity index (χ2n) is 4.71. The number of nitrogens with zero attached hydrogens (tertiary/aromatic N) is 2. The summed E-state index contributed by atoms with van der Waals surface area (Å²) in [5, 5.41) is 3.80. The molecule has 0 saturated heterocycles. The highest BCUT2D eigenvalue weighted by Crippen LogP contribution is 2.30. The number of methoxy groups -OCH3 is 2. The van der Waals surface area contributed by atoms with Gasteiger partial charge in [0, 0.05) is 19.2 Å². The van der Waals surface area contributed by atoms with Crippen LogP contribution in [0, 0.1) is 6.92 Å². The molecule has 1 aromatic heterocycles. The second-order valence-corrected chi connectivity index (χ2v) is 6.72. The van der Waals surface area contributed by atoms with E-state index in [9.17, 15) is 8.42 Å². The number of hydrogen-bond donors (Lipinski definition) is 0. The summed E-state index contributed by atoms with van der Waals surface area (Å²) >= 11 is 0. The summed E-state index contributed by atoms with van der Waals surface area (Å²) < 4.78 is 41.8. The normalized spacial score (nSPS) is 11.7. The first-order valence-corrected chi connectivity index (χ1v) is 7.93. The maximum atomic E-state index is 12.7. The first-order chi connectivity index (χ1) is 10.4. The lowest BCUT2D eigenvalue weighted by Crippen LogP contribution is -2.27. The van der Waals surface area contributed by atoms with Crippen molar-refractivity contribution in [1.82, 2.24) is 9.46 Å². The molecule has 0 unspecified atom stereocenters. The van der Waals surface area contributed by atoms with Crippen LogP contribution in [0.5, 0.6) is 11.5 Å². The van der Waals surface area contributed by atoms with E-state index in [0.717, 1.165) is 0 Å². The first kappa shape index (κ1) is 16.3. The molecule has 2 aromatic rings. The third-order valence-corrected chi connectivity index (χ3v) is 4.95. The topological polar surface area (TPSA) is 81.9 Å². The number of hydrogen-bond acceptors (Lipinski definition) is 6. The molecule has 0 amide bonds. The summed E-state index contributed by atoms with van der Waals surface area (Å²) in [5.41, 5.74) is 0.533. The first-order valence-electron chi connectivity index (χ1n) is 6.49. The zero-order chi connectivity index (χ0) is 16.3. The van der Waals surface area contributed by atoms with Crippen LogP contribution in [0.25, 0.3) is 0 Å². The standard InChI is InChI=1S/C14H18N2O5S/c1-10-7-11(15-21-10)9-16(2)22(17,18)14-8-12(19-3)5-6-13(14)20-4/h5-8H,9H2,1-4H3. The molecule has 0 spiro atoms. The van der Waals surface area contributed by atoms with Crippen LogP contribution in [0.2, 0.25) is 0 Å². The van der Waals surface area contributed by atoms with E-state index in [0.29, 0.717) is 17.2 Å². The van der Waals surface area contributed by atoms with E-state index in [1.165, 1.54) is 31.6 Å². The van der Waals surface area contributed by atoms with Gasteiger partial charge in [0.15, 0.2) is 0 Å². The van der Waals surface area contributed by atoms with Gasteiger partial charge in [-0.15, -0.1) is 0 Å². The highest BCUT2D eigenvalue weighted by atomic mass is 32.2. The van der Waals surface area contributed by atoms with Gasteiger partial charge in [0.2, 0.25) is 10.0 Å². The molecule has 0 aliphatic heterocycles.